The molecular weight excluding hydrogens is 392 g/mol. The lowest BCUT2D eigenvalue weighted by Crippen LogP contribution is -2.11. The van der Waals surface area contributed by atoms with E-state index in [2.05, 4.69) is 29.4 Å². The van der Waals surface area contributed by atoms with Crippen LogP contribution in [0.25, 0.3) is 10.2 Å². The number of hydrogen-bond acceptors (Lipinski definition) is 4. The van der Waals surface area contributed by atoms with Crippen LogP contribution in [-0.2, 0) is 13.0 Å². The number of carbonyl (C=O) groups excluding carboxylic acids is 1. The van der Waals surface area contributed by atoms with Crippen molar-refractivity contribution in [1.82, 2.24) is 4.98 Å². The molecule has 0 aliphatic heterocycles. The van der Waals surface area contributed by atoms with Gasteiger partial charge in [0, 0.05) is 5.56 Å². The van der Waals surface area contributed by atoms with Crippen LogP contribution in [0.15, 0.2) is 72.8 Å². The van der Waals surface area contributed by atoms with Crippen molar-refractivity contribution in [2.75, 3.05) is 5.32 Å². The van der Waals surface area contributed by atoms with E-state index in [9.17, 15) is 4.79 Å². The van der Waals surface area contributed by atoms with Gasteiger partial charge >= 0.3 is 0 Å². The fourth-order valence-corrected chi connectivity index (χ4v) is 4.12. The van der Waals surface area contributed by atoms with Crippen LogP contribution in [0.2, 0.25) is 0 Å². The molecule has 4 nitrogen and oxygen atoms in total. The monoisotopic (exact) mass is 416 g/mol. The Morgan fingerprint density at radius 1 is 1.00 bits per heavy atom. The lowest BCUT2D eigenvalue weighted by atomic mass is 10.1. The van der Waals surface area contributed by atoms with Crippen molar-refractivity contribution in [3.05, 3.63) is 89.5 Å². The van der Waals surface area contributed by atoms with Crippen LogP contribution in [-0.4, -0.2) is 10.9 Å². The van der Waals surface area contributed by atoms with E-state index in [0.717, 1.165) is 22.2 Å². The number of aromatic nitrogens is 1. The van der Waals surface area contributed by atoms with Crippen molar-refractivity contribution in [2.45, 2.75) is 32.8 Å². The van der Waals surface area contributed by atoms with E-state index >= 15 is 0 Å². The van der Waals surface area contributed by atoms with Crippen LogP contribution in [0, 0.1) is 0 Å². The van der Waals surface area contributed by atoms with Gasteiger partial charge in [0.15, 0.2) is 5.13 Å². The number of thiazole rings is 1. The van der Waals surface area contributed by atoms with Crippen LogP contribution in [0.3, 0.4) is 0 Å². The van der Waals surface area contributed by atoms with E-state index in [1.54, 1.807) is 12.1 Å². The third kappa shape index (κ3) is 5.05. The van der Waals surface area contributed by atoms with E-state index in [0.29, 0.717) is 23.1 Å². The first-order chi connectivity index (χ1) is 14.7. The minimum absolute atomic E-state index is 0.189. The molecule has 0 unspecified atom stereocenters. The Hall–Kier alpha value is -3.18. The summed E-state index contributed by atoms with van der Waals surface area (Å²) in [7, 11) is 0. The smallest absolute Gasteiger partial charge is 0.257 e. The number of ether oxygens (including phenoxy) is 1. The fraction of sp³-hybridized carbons (Fsp3) is 0.200. The first kappa shape index (κ1) is 20.1. The van der Waals surface area contributed by atoms with Crippen molar-refractivity contribution in [3.8, 4) is 5.75 Å². The Bertz CT molecular complexity index is 1140. The van der Waals surface area contributed by atoms with Gasteiger partial charge in [-0.15, -0.1) is 0 Å². The van der Waals surface area contributed by atoms with E-state index in [-0.39, 0.29) is 5.91 Å². The molecule has 1 amide bonds. The molecule has 4 aromatic rings. The van der Waals surface area contributed by atoms with Gasteiger partial charge < -0.3 is 4.74 Å². The summed E-state index contributed by atoms with van der Waals surface area (Å²) >= 11 is 1.51. The second kappa shape index (κ2) is 9.55. The molecule has 1 N–H and O–H groups in total. The number of rotatable bonds is 8. The topological polar surface area (TPSA) is 51.2 Å². The summed E-state index contributed by atoms with van der Waals surface area (Å²) in [6.45, 7) is 2.66. The highest BCUT2D eigenvalue weighted by atomic mass is 32.1. The largest absolute Gasteiger partial charge is 0.489 e. The average molecular weight is 417 g/mol. The predicted molar refractivity (Wildman–Crippen MR) is 123 cm³/mol. The highest BCUT2D eigenvalue weighted by Crippen LogP contribution is 2.28. The van der Waals surface area contributed by atoms with Gasteiger partial charge in [0.25, 0.3) is 5.91 Å². The summed E-state index contributed by atoms with van der Waals surface area (Å²) in [5.74, 6) is 0.474. The van der Waals surface area contributed by atoms with Gasteiger partial charge in [-0.2, -0.15) is 0 Å². The molecule has 0 saturated carbocycles. The number of benzene rings is 3. The number of unbranched alkanes of at least 4 members (excludes halogenated alkanes) is 1. The minimum atomic E-state index is -0.189. The van der Waals surface area contributed by atoms with E-state index < -0.39 is 0 Å². The molecular formula is C25H24N2O2S. The Labute approximate surface area is 180 Å². The summed E-state index contributed by atoms with van der Waals surface area (Å²) in [4.78, 5) is 17.3. The summed E-state index contributed by atoms with van der Waals surface area (Å²) in [6.07, 6.45) is 3.43. The number of amides is 1. The van der Waals surface area contributed by atoms with Gasteiger partial charge in [-0.1, -0.05) is 67.1 Å². The molecule has 0 spiro atoms. The van der Waals surface area contributed by atoms with Gasteiger partial charge in [-0.05, 0) is 54.3 Å². The zero-order chi connectivity index (χ0) is 20.8. The normalized spacial score (nSPS) is 10.8. The second-order valence-electron chi connectivity index (χ2n) is 7.18. The van der Waals surface area contributed by atoms with Crippen molar-refractivity contribution < 1.29 is 9.53 Å². The van der Waals surface area contributed by atoms with Crippen molar-refractivity contribution in [1.29, 1.82) is 0 Å². The van der Waals surface area contributed by atoms with Crippen LogP contribution in [0.4, 0.5) is 5.13 Å². The van der Waals surface area contributed by atoms with Gasteiger partial charge in [-0.25, -0.2) is 4.98 Å². The number of aryl methyl sites for hydroxylation is 1. The Balaban J connectivity index is 1.43. The molecule has 0 aliphatic carbocycles. The SMILES string of the molecule is CCCCc1ccc2nc(NC(=O)c3cccc(OCc4ccccc4)c3)sc2c1. The number of hydrogen-bond donors (Lipinski definition) is 1. The first-order valence-electron chi connectivity index (χ1n) is 10.2. The number of nitrogens with zero attached hydrogens (tertiary/aromatic N) is 1. The van der Waals surface area contributed by atoms with Gasteiger partial charge in [0.05, 0.1) is 10.2 Å². The van der Waals surface area contributed by atoms with Gasteiger partial charge in [0.1, 0.15) is 12.4 Å². The number of carbonyl (C=O) groups is 1. The van der Waals surface area contributed by atoms with Gasteiger partial charge in [-0.3, -0.25) is 10.1 Å². The first-order valence-corrected chi connectivity index (χ1v) is 11.0. The second-order valence-corrected chi connectivity index (χ2v) is 8.21. The summed E-state index contributed by atoms with van der Waals surface area (Å²) < 4.78 is 6.93. The standard InChI is InChI=1S/C25H24N2O2S/c1-2-3-8-18-13-14-22-23(15-18)30-25(26-22)27-24(28)20-11-7-12-21(16-20)29-17-19-9-5-4-6-10-19/h4-7,9-16H,2-3,8,17H2,1H3,(H,26,27,28). The Morgan fingerprint density at radius 3 is 2.70 bits per heavy atom. The summed E-state index contributed by atoms with van der Waals surface area (Å²) in [5, 5.41) is 3.53. The molecule has 4 rings (SSSR count). The van der Waals surface area contributed by atoms with Crippen LogP contribution in [0.1, 0.15) is 41.3 Å². The molecule has 1 aromatic heterocycles. The maximum absolute atomic E-state index is 12.7. The molecule has 0 radical (unpaired) electrons. The molecule has 30 heavy (non-hydrogen) atoms. The number of anilines is 1. The van der Waals surface area contributed by atoms with Crippen molar-refractivity contribution in [3.63, 3.8) is 0 Å². The molecule has 0 saturated heterocycles. The molecule has 0 fully saturated rings. The van der Waals surface area contributed by atoms with E-state index in [1.807, 2.05) is 48.5 Å². The summed E-state index contributed by atoms with van der Waals surface area (Å²) in [5.41, 5.74) is 3.85. The Morgan fingerprint density at radius 2 is 1.87 bits per heavy atom. The molecule has 152 valence electrons. The zero-order valence-corrected chi connectivity index (χ0v) is 17.7. The van der Waals surface area contributed by atoms with Gasteiger partial charge in [0.2, 0.25) is 0 Å². The van der Waals surface area contributed by atoms with Crippen molar-refractivity contribution >= 4 is 32.6 Å². The zero-order valence-electron chi connectivity index (χ0n) is 16.9. The van der Waals surface area contributed by atoms with Crippen LogP contribution < -0.4 is 10.1 Å². The Kier molecular flexibility index (Phi) is 6.40. The minimum Gasteiger partial charge on any atom is -0.489 e. The lowest BCUT2D eigenvalue weighted by Gasteiger charge is -2.08. The maximum Gasteiger partial charge on any atom is 0.257 e. The fourth-order valence-electron chi connectivity index (χ4n) is 3.20. The number of nitrogens with one attached hydrogen (secondary N) is 1. The van der Waals surface area contributed by atoms with E-state index in [4.69, 9.17) is 4.74 Å². The molecule has 5 heteroatoms. The quantitative estimate of drug-likeness (QED) is 0.358. The highest BCUT2D eigenvalue weighted by Gasteiger charge is 2.11. The molecule has 0 aliphatic rings. The van der Waals surface area contributed by atoms with Crippen molar-refractivity contribution in [2.24, 2.45) is 0 Å². The number of fused-ring (bicyclic) bond motifs is 1. The maximum atomic E-state index is 12.7. The van der Waals surface area contributed by atoms with E-state index in [1.165, 1.54) is 29.7 Å². The van der Waals surface area contributed by atoms with Crippen LogP contribution >= 0.6 is 11.3 Å². The molecule has 1 heterocycles. The summed E-state index contributed by atoms with van der Waals surface area (Å²) in [6, 6.07) is 23.5. The molecule has 0 atom stereocenters. The van der Waals surface area contributed by atoms with Crippen LogP contribution in [0.5, 0.6) is 5.75 Å². The molecule has 3 aromatic carbocycles. The lowest BCUT2D eigenvalue weighted by molar-refractivity contribution is 0.102. The molecule has 0 bridgehead atoms. The third-order valence-corrected chi connectivity index (χ3v) is 5.77. The predicted octanol–water partition coefficient (Wildman–Crippen LogP) is 6.47. The highest BCUT2D eigenvalue weighted by molar-refractivity contribution is 7.22. The third-order valence-electron chi connectivity index (χ3n) is 4.84. The average Bonchev–Trinajstić information content (AvgIpc) is 3.18.